The Hall–Kier alpha value is -3.40. The maximum Gasteiger partial charge on any atom is 0.408 e. The van der Waals surface area contributed by atoms with Crippen molar-refractivity contribution in [1.29, 1.82) is 0 Å². The number of benzene rings is 2. The molecular formula is C23H25NO8S. The van der Waals surface area contributed by atoms with Crippen LogP contribution in [0.1, 0.15) is 39.2 Å². The standard InChI is InChI=1S/C23H25NO8S/c1-23(2,3)32-20(25)11-9-18(21(26)27)24-22(28)31-13-15-12-17-16-7-5-4-6-14(16)8-10-19(17)33(15,29)30/h4-8,10,12,18H,9,11,13H2,1-3H3,(H,24,28)(H,26,27)/t18-/m0/s1. The van der Waals surface area contributed by atoms with Gasteiger partial charge >= 0.3 is 18.0 Å². The normalized spacial score (nSPS) is 15.3. The number of carboxylic acids is 1. The summed E-state index contributed by atoms with van der Waals surface area (Å²) in [6, 6.07) is 9.12. The number of nitrogens with one attached hydrogen (secondary N) is 1. The van der Waals surface area contributed by atoms with E-state index < -0.39 is 46.1 Å². The highest BCUT2D eigenvalue weighted by Gasteiger charge is 2.32. The number of sulfone groups is 1. The molecule has 1 heterocycles. The van der Waals surface area contributed by atoms with Gasteiger partial charge in [-0.15, -0.1) is 0 Å². The molecule has 1 amide bonds. The van der Waals surface area contributed by atoms with Crippen molar-refractivity contribution in [2.75, 3.05) is 6.61 Å². The van der Waals surface area contributed by atoms with Crippen molar-refractivity contribution >= 4 is 44.7 Å². The van der Waals surface area contributed by atoms with E-state index in [2.05, 4.69) is 5.32 Å². The van der Waals surface area contributed by atoms with Gasteiger partial charge in [-0.1, -0.05) is 30.3 Å². The van der Waals surface area contributed by atoms with Crippen LogP contribution in [0, 0.1) is 0 Å². The summed E-state index contributed by atoms with van der Waals surface area (Å²) < 4.78 is 35.8. The Morgan fingerprint density at radius 2 is 1.79 bits per heavy atom. The number of aliphatic carboxylic acids is 1. The van der Waals surface area contributed by atoms with E-state index >= 15 is 0 Å². The summed E-state index contributed by atoms with van der Waals surface area (Å²) in [7, 11) is -3.84. The fourth-order valence-electron chi connectivity index (χ4n) is 3.39. The monoisotopic (exact) mass is 475 g/mol. The summed E-state index contributed by atoms with van der Waals surface area (Å²) in [6.07, 6.45) is -0.0884. The lowest BCUT2D eigenvalue weighted by Gasteiger charge is -2.20. The molecule has 0 spiro atoms. The molecule has 2 N–H and O–H groups in total. The molecule has 3 rings (SSSR count). The number of hydrogen-bond donors (Lipinski definition) is 2. The molecule has 0 saturated carbocycles. The van der Waals surface area contributed by atoms with Crippen LogP contribution in [0.4, 0.5) is 4.79 Å². The smallest absolute Gasteiger partial charge is 0.408 e. The summed E-state index contributed by atoms with van der Waals surface area (Å²) in [5, 5.41) is 13.1. The Labute approximate surface area is 191 Å². The lowest BCUT2D eigenvalue weighted by atomic mass is 10.0. The molecule has 0 unspecified atom stereocenters. The number of carboxylic acid groups (broad SMARTS) is 1. The van der Waals surface area contributed by atoms with Crippen LogP contribution < -0.4 is 5.32 Å². The topological polar surface area (TPSA) is 136 Å². The first-order valence-electron chi connectivity index (χ1n) is 10.2. The molecule has 1 atom stereocenters. The molecule has 10 heteroatoms. The summed E-state index contributed by atoms with van der Waals surface area (Å²) in [5.41, 5.74) is -0.196. The van der Waals surface area contributed by atoms with Gasteiger partial charge in [0, 0.05) is 12.0 Å². The highest BCUT2D eigenvalue weighted by Crippen LogP contribution is 2.37. The lowest BCUT2D eigenvalue weighted by molar-refractivity contribution is -0.155. The van der Waals surface area contributed by atoms with E-state index in [0.717, 1.165) is 10.8 Å². The van der Waals surface area contributed by atoms with Crippen LogP contribution in [-0.4, -0.2) is 49.8 Å². The van der Waals surface area contributed by atoms with Gasteiger partial charge < -0.3 is 19.9 Å². The van der Waals surface area contributed by atoms with Gasteiger partial charge in [-0.25, -0.2) is 18.0 Å². The van der Waals surface area contributed by atoms with Crippen LogP contribution in [0.25, 0.3) is 16.8 Å². The number of hydrogen-bond acceptors (Lipinski definition) is 7. The third kappa shape index (κ3) is 5.70. The van der Waals surface area contributed by atoms with Crippen molar-refractivity contribution in [1.82, 2.24) is 5.32 Å². The summed E-state index contributed by atoms with van der Waals surface area (Å²) in [5.74, 6) is -1.96. The Morgan fingerprint density at radius 1 is 1.09 bits per heavy atom. The molecular weight excluding hydrogens is 450 g/mol. The first-order chi connectivity index (χ1) is 15.4. The number of alkyl carbamates (subject to hydrolysis) is 1. The van der Waals surface area contributed by atoms with Crippen molar-refractivity contribution in [3.63, 3.8) is 0 Å². The second kappa shape index (κ2) is 9.22. The number of esters is 1. The lowest BCUT2D eigenvalue weighted by Crippen LogP contribution is -2.41. The molecule has 9 nitrogen and oxygen atoms in total. The SMILES string of the molecule is CC(C)(C)OC(=O)CC[C@H](NC(=O)OCC1=Cc2c(ccc3ccccc23)S1(=O)=O)C(=O)O. The molecule has 0 bridgehead atoms. The summed E-state index contributed by atoms with van der Waals surface area (Å²) in [4.78, 5) is 35.4. The number of fused-ring (bicyclic) bond motifs is 3. The molecule has 1 aliphatic heterocycles. The van der Waals surface area contributed by atoms with E-state index in [-0.39, 0.29) is 22.6 Å². The minimum absolute atomic E-state index is 0.107. The molecule has 0 saturated heterocycles. The van der Waals surface area contributed by atoms with Gasteiger partial charge in [0.1, 0.15) is 18.2 Å². The Bertz CT molecular complexity index is 1240. The van der Waals surface area contributed by atoms with Crippen LogP contribution in [0.5, 0.6) is 0 Å². The van der Waals surface area contributed by atoms with Gasteiger partial charge in [0.25, 0.3) is 0 Å². The average Bonchev–Trinajstić information content (AvgIpc) is 2.98. The van der Waals surface area contributed by atoms with E-state index in [0.29, 0.717) is 5.56 Å². The van der Waals surface area contributed by atoms with Gasteiger partial charge in [0.05, 0.1) is 9.80 Å². The van der Waals surface area contributed by atoms with Crippen molar-refractivity contribution < 1.29 is 37.4 Å². The first kappa shape index (κ1) is 24.2. The minimum Gasteiger partial charge on any atom is -0.480 e. The number of carbonyl (C=O) groups excluding carboxylic acids is 2. The van der Waals surface area contributed by atoms with E-state index in [1.54, 1.807) is 39.0 Å². The molecule has 1 aliphatic rings. The fourth-order valence-corrected chi connectivity index (χ4v) is 4.87. The second-order valence-corrected chi connectivity index (χ2v) is 10.5. The van der Waals surface area contributed by atoms with Crippen LogP contribution in [-0.2, 0) is 28.9 Å². The Balaban J connectivity index is 1.64. The zero-order chi connectivity index (χ0) is 24.4. The van der Waals surface area contributed by atoms with Gasteiger partial charge in [-0.05, 0) is 50.1 Å². The second-order valence-electron chi connectivity index (χ2n) is 8.55. The van der Waals surface area contributed by atoms with Crippen molar-refractivity contribution in [2.24, 2.45) is 0 Å². The maximum absolute atomic E-state index is 12.8. The highest BCUT2D eigenvalue weighted by atomic mass is 32.2. The number of carbonyl (C=O) groups is 3. The molecule has 0 aromatic heterocycles. The zero-order valence-electron chi connectivity index (χ0n) is 18.5. The molecule has 0 fully saturated rings. The number of amides is 1. The summed E-state index contributed by atoms with van der Waals surface area (Å²) in [6.45, 7) is 4.49. The maximum atomic E-state index is 12.8. The van der Waals surface area contributed by atoms with E-state index in [1.807, 2.05) is 12.1 Å². The van der Waals surface area contributed by atoms with Crippen molar-refractivity contribution in [3.8, 4) is 0 Å². The Kier molecular flexibility index (Phi) is 6.78. The van der Waals surface area contributed by atoms with Crippen LogP contribution in [0.15, 0.2) is 46.2 Å². The number of ether oxygens (including phenoxy) is 2. The average molecular weight is 476 g/mol. The van der Waals surface area contributed by atoms with Crippen LogP contribution in [0.3, 0.4) is 0 Å². The number of rotatable bonds is 7. The van der Waals surface area contributed by atoms with E-state index in [9.17, 15) is 27.9 Å². The fraction of sp³-hybridized carbons (Fsp3) is 0.348. The van der Waals surface area contributed by atoms with Gasteiger partial charge in [0.2, 0.25) is 9.84 Å². The van der Waals surface area contributed by atoms with Crippen molar-refractivity contribution in [3.05, 3.63) is 46.9 Å². The third-order valence-electron chi connectivity index (χ3n) is 4.86. The highest BCUT2D eigenvalue weighted by molar-refractivity contribution is 7.95. The molecule has 33 heavy (non-hydrogen) atoms. The third-order valence-corrected chi connectivity index (χ3v) is 6.72. The molecule has 176 valence electrons. The van der Waals surface area contributed by atoms with Gasteiger partial charge in [-0.3, -0.25) is 4.79 Å². The van der Waals surface area contributed by atoms with E-state index in [1.165, 1.54) is 12.1 Å². The van der Waals surface area contributed by atoms with Crippen LogP contribution >= 0.6 is 0 Å². The van der Waals surface area contributed by atoms with Gasteiger partial charge in [-0.2, -0.15) is 0 Å². The minimum atomic E-state index is -3.84. The van der Waals surface area contributed by atoms with E-state index in [4.69, 9.17) is 9.47 Å². The predicted molar refractivity (Wildman–Crippen MR) is 120 cm³/mol. The predicted octanol–water partition coefficient (Wildman–Crippen LogP) is 3.27. The molecule has 2 aromatic carbocycles. The zero-order valence-corrected chi connectivity index (χ0v) is 19.3. The quantitative estimate of drug-likeness (QED) is 0.583. The summed E-state index contributed by atoms with van der Waals surface area (Å²) >= 11 is 0. The van der Waals surface area contributed by atoms with Crippen molar-refractivity contribution in [2.45, 2.75) is 50.2 Å². The molecule has 0 radical (unpaired) electrons. The van der Waals surface area contributed by atoms with Gasteiger partial charge in [0.15, 0.2) is 0 Å². The molecule has 2 aromatic rings. The largest absolute Gasteiger partial charge is 0.480 e. The van der Waals surface area contributed by atoms with Crippen LogP contribution in [0.2, 0.25) is 0 Å². The Morgan fingerprint density at radius 3 is 2.45 bits per heavy atom. The molecule has 0 aliphatic carbocycles. The first-order valence-corrected chi connectivity index (χ1v) is 11.7.